The van der Waals surface area contributed by atoms with Gasteiger partial charge in [0.25, 0.3) is 0 Å². The maximum Gasteiger partial charge on any atom is 0.422 e. The lowest BCUT2D eigenvalue weighted by atomic mass is 9.96. The Hall–Kier alpha value is -3.85. The third kappa shape index (κ3) is 5.61. The van der Waals surface area contributed by atoms with Crippen molar-refractivity contribution >= 4 is 17.1 Å². The largest absolute Gasteiger partial charge is 0.484 e. The fourth-order valence-corrected chi connectivity index (χ4v) is 4.45. The number of hydrogen-bond acceptors (Lipinski definition) is 6. The Morgan fingerprint density at radius 1 is 1.11 bits per heavy atom. The number of nitrogens with zero attached hydrogens (tertiary/aromatic N) is 1. The van der Waals surface area contributed by atoms with Crippen molar-refractivity contribution in [3.8, 4) is 28.3 Å². The number of halogens is 3. The minimum Gasteiger partial charge on any atom is -0.484 e. The summed E-state index contributed by atoms with van der Waals surface area (Å²) in [4.78, 5) is 16.9. The average molecular weight is 511 g/mol. The van der Waals surface area contributed by atoms with Crippen LogP contribution in [0.4, 0.5) is 13.2 Å². The molecule has 1 aliphatic rings. The Bertz CT molecular complexity index is 1410. The molecule has 0 amide bonds. The van der Waals surface area contributed by atoms with E-state index in [1.165, 1.54) is 6.07 Å². The number of carbonyl (C=O) groups excluding carboxylic acids is 1. The predicted octanol–water partition coefficient (Wildman–Crippen LogP) is 6.21. The lowest BCUT2D eigenvalue weighted by molar-refractivity contribution is -0.154. The molecule has 6 nitrogen and oxygen atoms in total. The summed E-state index contributed by atoms with van der Waals surface area (Å²) < 4.78 is 55.1. The van der Waals surface area contributed by atoms with Gasteiger partial charge in [-0.05, 0) is 55.1 Å². The van der Waals surface area contributed by atoms with Gasteiger partial charge >= 0.3 is 12.1 Å². The minimum atomic E-state index is -4.53. The van der Waals surface area contributed by atoms with Crippen LogP contribution in [0.25, 0.3) is 33.7 Å². The smallest absolute Gasteiger partial charge is 0.422 e. The van der Waals surface area contributed by atoms with Gasteiger partial charge in [0.15, 0.2) is 12.2 Å². The van der Waals surface area contributed by atoms with Crippen molar-refractivity contribution in [2.24, 2.45) is 0 Å². The van der Waals surface area contributed by atoms with E-state index < -0.39 is 24.8 Å². The van der Waals surface area contributed by atoms with Crippen LogP contribution in [-0.4, -0.2) is 36.3 Å². The molecule has 1 aliphatic heterocycles. The summed E-state index contributed by atoms with van der Waals surface area (Å²) in [6.45, 7) is 0.957. The molecule has 1 saturated heterocycles. The molecule has 1 atom stereocenters. The normalized spacial score (nSPS) is 15.7. The average Bonchev–Trinajstić information content (AvgIpc) is 3.56. The molecule has 4 aromatic rings. The molecule has 3 aromatic carbocycles. The maximum atomic E-state index is 12.9. The van der Waals surface area contributed by atoms with Crippen molar-refractivity contribution in [1.82, 2.24) is 10.3 Å². The first-order valence-corrected chi connectivity index (χ1v) is 12.0. The highest BCUT2D eigenvalue weighted by Crippen LogP contribution is 2.35. The van der Waals surface area contributed by atoms with Crippen LogP contribution < -0.4 is 10.1 Å². The SMILES string of the molecule is Cc1c(-c2ccccc2)cccc1-c1nc2cc(COC(=O)[C@@H]3CCCN3)c(OCC(F)(F)F)cc2o1. The molecule has 1 fully saturated rings. The molecule has 0 saturated carbocycles. The Morgan fingerprint density at radius 3 is 2.62 bits per heavy atom. The van der Waals surface area contributed by atoms with E-state index in [4.69, 9.17) is 13.9 Å². The second kappa shape index (κ2) is 10.3. The van der Waals surface area contributed by atoms with Gasteiger partial charge in [0.2, 0.25) is 5.89 Å². The molecule has 0 aliphatic carbocycles. The summed E-state index contributed by atoms with van der Waals surface area (Å²) in [5, 5.41) is 3.04. The number of esters is 1. The zero-order valence-corrected chi connectivity index (χ0v) is 20.1. The predicted molar refractivity (Wildman–Crippen MR) is 132 cm³/mol. The van der Waals surface area contributed by atoms with E-state index in [9.17, 15) is 18.0 Å². The van der Waals surface area contributed by atoms with Gasteiger partial charge in [0, 0.05) is 17.2 Å². The van der Waals surface area contributed by atoms with Gasteiger partial charge in [-0.25, -0.2) is 4.98 Å². The lowest BCUT2D eigenvalue weighted by Crippen LogP contribution is -2.32. The number of alkyl halides is 3. The van der Waals surface area contributed by atoms with Crippen molar-refractivity contribution in [2.45, 2.75) is 38.6 Å². The number of oxazole rings is 1. The molecule has 1 aromatic heterocycles. The molecule has 0 bridgehead atoms. The molecule has 37 heavy (non-hydrogen) atoms. The molecular formula is C28H25F3N2O4. The molecule has 0 spiro atoms. The third-order valence-corrected chi connectivity index (χ3v) is 6.33. The zero-order chi connectivity index (χ0) is 26.0. The number of carbonyl (C=O) groups is 1. The van der Waals surface area contributed by atoms with Crippen LogP contribution in [0.3, 0.4) is 0 Å². The number of rotatable bonds is 7. The van der Waals surface area contributed by atoms with Crippen LogP contribution in [0.2, 0.25) is 0 Å². The van der Waals surface area contributed by atoms with E-state index in [-0.39, 0.29) is 23.5 Å². The molecule has 0 radical (unpaired) electrons. The number of hydrogen-bond donors (Lipinski definition) is 1. The summed E-state index contributed by atoms with van der Waals surface area (Å²) >= 11 is 0. The number of ether oxygens (including phenoxy) is 2. The summed E-state index contributed by atoms with van der Waals surface area (Å²) in [5.74, 6) is -0.195. The van der Waals surface area contributed by atoms with Gasteiger partial charge in [0.05, 0.1) is 0 Å². The summed E-state index contributed by atoms with van der Waals surface area (Å²) in [6, 6.07) is 18.2. The second-order valence-corrected chi connectivity index (χ2v) is 8.95. The van der Waals surface area contributed by atoms with Gasteiger partial charge in [-0.1, -0.05) is 42.5 Å². The number of nitrogens with one attached hydrogen (secondary N) is 1. The number of aromatic nitrogens is 1. The molecule has 9 heteroatoms. The molecule has 2 heterocycles. The molecular weight excluding hydrogens is 485 g/mol. The van der Waals surface area contributed by atoms with Crippen molar-refractivity contribution in [2.75, 3.05) is 13.2 Å². The standard InChI is InChI=1S/C28H25F3N2O4/c1-17-20(18-7-3-2-4-8-18)9-5-10-21(17)26-33-23-13-19(15-35-27(34)22-11-6-12-32-22)24(14-25(23)37-26)36-16-28(29,30)31/h2-5,7-10,13-14,22,32H,6,11-12,15-16H2,1H3/t22-/m0/s1. The van der Waals surface area contributed by atoms with Gasteiger partial charge in [-0.2, -0.15) is 13.2 Å². The van der Waals surface area contributed by atoms with Gasteiger partial charge in [-0.3, -0.25) is 4.79 Å². The highest BCUT2D eigenvalue weighted by atomic mass is 19.4. The first kappa shape index (κ1) is 24.8. The lowest BCUT2D eigenvalue weighted by Gasteiger charge is -2.14. The van der Waals surface area contributed by atoms with Crippen LogP contribution in [-0.2, 0) is 16.1 Å². The highest BCUT2D eigenvalue weighted by molar-refractivity contribution is 5.82. The monoisotopic (exact) mass is 510 g/mol. The topological polar surface area (TPSA) is 73.6 Å². The van der Waals surface area contributed by atoms with Crippen molar-refractivity contribution in [3.63, 3.8) is 0 Å². The molecule has 192 valence electrons. The van der Waals surface area contributed by atoms with Gasteiger partial charge in [-0.15, -0.1) is 0 Å². The third-order valence-electron chi connectivity index (χ3n) is 6.33. The second-order valence-electron chi connectivity index (χ2n) is 8.95. The fraction of sp³-hybridized carbons (Fsp3) is 0.286. The van der Waals surface area contributed by atoms with Gasteiger partial charge in [0.1, 0.15) is 23.9 Å². The Morgan fingerprint density at radius 2 is 1.89 bits per heavy atom. The summed E-state index contributed by atoms with van der Waals surface area (Å²) in [7, 11) is 0. The zero-order valence-electron chi connectivity index (χ0n) is 20.1. The Kier molecular flexibility index (Phi) is 6.88. The quantitative estimate of drug-likeness (QED) is 0.298. The first-order chi connectivity index (χ1) is 17.8. The van der Waals surface area contributed by atoms with E-state index in [0.29, 0.717) is 17.8 Å². The van der Waals surface area contributed by atoms with Crippen molar-refractivity contribution in [1.29, 1.82) is 0 Å². The van der Waals surface area contributed by atoms with Crippen LogP contribution in [0.15, 0.2) is 65.1 Å². The Balaban J connectivity index is 1.48. The summed E-state index contributed by atoms with van der Waals surface area (Å²) in [5.41, 5.74) is 4.73. The maximum absolute atomic E-state index is 12.9. The highest BCUT2D eigenvalue weighted by Gasteiger charge is 2.30. The van der Waals surface area contributed by atoms with Crippen LogP contribution in [0.5, 0.6) is 5.75 Å². The molecule has 5 rings (SSSR count). The molecule has 1 N–H and O–H groups in total. The number of benzene rings is 3. The van der Waals surface area contributed by atoms with Crippen molar-refractivity contribution < 1.29 is 31.9 Å². The van der Waals surface area contributed by atoms with E-state index in [2.05, 4.69) is 10.3 Å². The van der Waals surface area contributed by atoms with Crippen LogP contribution in [0.1, 0.15) is 24.0 Å². The van der Waals surface area contributed by atoms with E-state index >= 15 is 0 Å². The minimum absolute atomic E-state index is 0.0746. The fourth-order valence-electron chi connectivity index (χ4n) is 4.45. The van der Waals surface area contributed by atoms with Crippen LogP contribution in [0, 0.1) is 6.92 Å². The van der Waals surface area contributed by atoms with E-state index in [0.717, 1.165) is 35.2 Å². The van der Waals surface area contributed by atoms with Crippen molar-refractivity contribution in [3.05, 3.63) is 71.8 Å². The first-order valence-electron chi connectivity index (χ1n) is 12.0. The Labute approximate surface area is 211 Å². The number of fused-ring (bicyclic) bond motifs is 1. The van der Waals surface area contributed by atoms with Gasteiger partial charge < -0.3 is 19.2 Å². The molecule has 0 unspecified atom stereocenters. The summed E-state index contributed by atoms with van der Waals surface area (Å²) in [6.07, 6.45) is -3.01. The van der Waals surface area contributed by atoms with E-state index in [1.54, 1.807) is 6.07 Å². The van der Waals surface area contributed by atoms with E-state index in [1.807, 2.05) is 55.5 Å². The van der Waals surface area contributed by atoms with Crippen LogP contribution >= 0.6 is 0 Å².